The van der Waals surface area contributed by atoms with Gasteiger partial charge in [0.05, 0.1) is 23.7 Å². The number of carbonyl (C=O) groups is 1. The Morgan fingerprint density at radius 2 is 1.91 bits per heavy atom. The van der Waals surface area contributed by atoms with E-state index < -0.39 is 10.8 Å². The lowest BCUT2D eigenvalue weighted by molar-refractivity contribution is -0.385. The topological polar surface area (TPSA) is 114 Å². The summed E-state index contributed by atoms with van der Waals surface area (Å²) in [6.45, 7) is 0.176. The zero-order valence-electron chi connectivity index (χ0n) is 17.4. The summed E-state index contributed by atoms with van der Waals surface area (Å²) in [6, 6.07) is 20.0. The number of amides is 1. The van der Waals surface area contributed by atoms with Crippen molar-refractivity contribution < 1.29 is 19.2 Å². The van der Waals surface area contributed by atoms with Gasteiger partial charge < -0.3 is 14.8 Å². The summed E-state index contributed by atoms with van der Waals surface area (Å²) in [5.41, 5.74) is 0.586. The Kier molecular flexibility index (Phi) is 7.63. The number of nitrogens with one attached hydrogen (secondary N) is 1. The third kappa shape index (κ3) is 6.09. The number of nitro groups is 1. The van der Waals surface area contributed by atoms with Crippen molar-refractivity contribution in [1.29, 1.82) is 5.26 Å². The van der Waals surface area contributed by atoms with E-state index in [2.05, 4.69) is 5.32 Å². The van der Waals surface area contributed by atoms with Gasteiger partial charge in [0.2, 0.25) is 0 Å². The van der Waals surface area contributed by atoms with Crippen molar-refractivity contribution in [1.82, 2.24) is 0 Å². The Labute approximate surface area is 194 Å². The SMILES string of the molecule is COc1cc(/C=C(\C#N)C(=O)Nc2cccc(Cl)c2)c([N+](=O)[O-])cc1OCc1ccccc1. The van der Waals surface area contributed by atoms with Gasteiger partial charge in [0.15, 0.2) is 11.5 Å². The van der Waals surface area contributed by atoms with Crippen LogP contribution in [-0.4, -0.2) is 17.9 Å². The number of hydrogen-bond acceptors (Lipinski definition) is 6. The minimum Gasteiger partial charge on any atom is -0.493 e. The van der Waals surface area contributed by atoms with E-state index in [1.165, 1.54) is 25.3 Å². The third-order valence-electron chi connectivity index (χ3n) is 4.49. The predicted molar refractivity (Wildman–Crippen MR) is 124 cm³/mol. The Hall–Kier alpha value is -4.35. The van der Waals surface area contributed by atoms with E-state index >= 15 is 0 Å². The molecule has 3 aromatic carbocycles. The zero-order valence-corrected chi connectivity index (χ0v) is 18.2. The molecule has 8 nitrogen and oxygen atoms in total. The smallest absolute Gasteiger partial charge is 0.280 e. The van der Waals surface area contributed by atoms with Crippen LogP contribution in [0.2, 0.25) is 5.02 Å². The van der Waals surface area contributed by atoms with Gasteiger partial charge in [-0.1, -0.05) is 48.0 Å². The van der Waals surface area contributed by atoms with Gasteiger partial charge in [-0.25, -0.2) is 0 Å². The summed E-state index contributed by atoms with van der Waals surface area (Å²) >= 11 is 5.91. The fraction of sp³-hybridized carbons (Fsp3) is 0.0833. The molecule has 0 atom stereocenters. The Bertz CT molecular complexity index is 1250. The van der Waals surface area contributed by atoms with E-state index in [1.807, 2.05) is 30.3 Å². The maximum Gasteiger partial charge on any atom is 0.280 e. The third-order valence-corrected chi connectivity index (χ3v) is 4.73. The van der Waals surface area contributed by atoms with Crippen LogP contribution in [0.4, 0.5) is 11.4 Å². The molecule has 0 saturated heterocycles. The second kappa shape index (κ2) is 10.8. The Morgan fingerprint density at radius 3 is 2.55 bits per heavy atom. The number of nitriles is 1. The molecular weight excluding hydrogens is 446 g/mol. The molecule has 0 unspecified atom stereocenters. The standard InChI is InChI=1S/C24H18ClN3O5/c1-32-22-11-17(10-18(14-26)24(29)27-20-9-5-8-19(25)12-20)21(28(30)31)13-23(22)33-15-16-6-3-2-4-7-16/h2-13H,15H2,1H3,(H,27,29)/b18-10+. The van der Waals surface area contributed by atoms with Crippen LogP contribution in [0, 0.1) is 21.4 Å². The minimum absolute atomic E-state index is 0.0155. The number of methoxy groups -OCH3 is 1. The quantitative estimate of drug-likeness (QED) is 0.207. The van der Waals surface area contributed by atoms with Gasteiger partial charge in [-0.05, 0) is 35.9 Å². The lowest BCUT2D eigenvalue weighted by Gasteiger charge is -2.12. The van der Waals surface area contributed by atoms with Crippen molar-refractivity contribution in [2.24, 2.45) is 0 Å². The van der Waals surface area contributed by atoms with Crippen molar-refractivity contribution in [2.45, 2.75) is 6.61 Å². The monoisotopic (exact) mass is 463 g/mol. The number of ether oxygens (including phenoxy) is 2. The van der Waals surface area contributed by atoms with Gasteiger partial charge in [-0.2, -0.15) is 5.26 Å². The molecule has 1 amide bonds. The molecule has 166 valence electrons. The number of halogens is 1. The van der Waals surface area contributed by atoms with Crippen LogP contribution < -0.4 is 14.8 Å². The number of carbonyl (C=O) groups excluding carboxylic acids is 1. The van der Waals surface area contributed by atoms with Crippen LogP contribution in [0.5, 0.6) is 11.5 Å². The van der Waals surface area contributed by atoms with Crippen molar-refractivity contribution in [3.05, 3.63) is 98.6 Å². The lowest BCUT2D eigenvalue weighted by atomic mass is 10.1. The first-order valence-corrected chi connectivity index (χ1v) is 10.0. The largest absolute Gasteiger partial charge is 0.493 e. The van der Waals surface area contributed by atoms with Crippen LogP contribution in [0.15, 0.2) is 72.3 Å². The molecule has 0 heterocycles. The van der Waals surface area contributed by atoms with E-state index in [1.54, 1.807) is 24.3 Å². The fourth-order valence-electron chi connectivity index (χ4n) is 2.92. The van der Waals surface area contributed by atoms with Gasteiger partial charge in [0.1, 0.15) is 18.2 Å². The average Bonchev–Trinajstić information content (AvgIpc) is 2.81. The number of hydrogen-bond donors (Lipinski definition) is 1. The molecule has 0 fully saturated rings. The van der Waals surface area contributed by atoms with Gasteiger partial charge in [0.25, 0.3) is 11.6 Å². The van der Waals surface area contributed by atoms with E-state index in [-0.39, 0.29) is 34.9 Å². The van der Waals surface area contributed by atoms with Crippen molar-refractivity contribution >= 4 is 35.0 Å². The Balaban J connectivity index is 1.93. The molecule has 9 heteroatoms. The summed E-state index contributed by atoms with van der Waals surface area (Å²) in [5.74, 6) is -0.361. The molecule has 0 spiro atoms. The number of nitrogens with zero attached hydrogens (tertiary/aromatic N) is 2. The molecule has 0 bridgehead atoms. The van der Waals surface area contributed by atoms with Crippen LogP contribution in [-0.2, 0) is 11.4 Å². The van der Waals surface area contributed by atoms with Gasteiger partial charge in [-0.3, -0.25) is 14.9 Å². The highest BCUT2D eigenvalue weighted by molar-refractivity contribution is 6.31. The fourth-order valence-corrected chi connectivity index (χ4v) is 3.11. The first kappa shape index (κ1) is 23.3. The normalized spacial score (nSPS) is 10.8. The van der Waals surface area contributed by atoms with Gasteiger partial charge >= 0.3 is 0 Å². The van der Waals surface area contributed by atoms with Crippen molar-refractivity contribution in [2.75, 3.05) is 12.4 Å². The van der Waals surface area contributed by atoms with Crippen LogP contribution in [0.1, 0.15) is 11.1 Å². The molecule has 0 aromatic heterocycles. The zero-order chi connectivity index (χ0) is 23.8. The molecular formula is C24H18ClN3O5. The molecule has 0 aliphatic carbocycles. The maximum atomic E-state index is 12.6. The summed E-state index contributed by atoms with van der Waals surface area (Å²) in [7, 11) is 1.39. The lowest BCUT2D eigenvalue weighted by Crippen LogP contribution is -2.13. The summed E-state index contributed by atoms with van der Waals surface area (Å²) in [6.07, 6.45) is 1.13. The second-order valence-corrected chi connectivity index (χ2v) is 7.16. The number of benzene rings is 3. The van der Waals surface area contributed by atoms with Crippen molar-refractivity contribution in [3.63, 3.8) is 0 Å². The number of rotatable bonds is 8. The van der Waals surface area contributed by atoms with E-state index in [0.29, 0.717) is 10.7 Å². The molecule has 33 heavy (non-hydrogen) atoms. The second-order valence-electron chi connectivity index (χ2n) is 6.73. The number of anilines is 1. The summed E-state index contributed by atoms with van der Waals surface area (Å²) in [4.78, 5) is 23.6. The van der Waals surface area contributed by atoms with Crippen molar-refractivity contribution in [3.8, 4) is 17.6 Å². The maximum absolute atomic E-state index is 12.6. The molecule has 0 saturated carbocycles. The summed E-state index contributed by atoms with van der Waals surface area (Å²) < 4.78 is 11.0. The van der Waals surface area contributed by atoms with Crippen LogP contribution in [0.3, 0.4) is 0 Å². The summed E-state index contributed by atoms with van der Waals surface area (Å²) in [5, 5.41) is 24.1. The first-order chi connectivity index (χ1) is 15.9. The van der Waals surface area contributed by atoms with E-state index in [4.69, 9.17) is 21.1 Å². The Morgan fingerprint density at radius 1 is 1.15 bits per heavy atom. The molecule has 0 radical (unpaired) electrons. The number of nitro benzene ring substituents is 1. The first-order valence-electron chi connectivity index (χ1n) is 9.63. The van der Waals surface area contributed by atoms with E-state index in [9.17, 15) is 20.2 Å². The molecule has 0 aliphatic heterocycles. The molecule has 3 rings (SSSR count). The predicted octanol–water partition coefficient (Wildman–Crippen LogP) is 5.38. The average molecular weight is 464 g/mol. The highest BCUT2D eigenvalue weighted by atomic mass is 35.5. The van der Waals surface area contributed by atoms with Gasteiger partial charge in [0, 0.05) is 10.7 Å². The van der Waals surface area contributed by atoms with E-state index in [0.717, 1.165) is 11.6 Å². The highest BCUT2D eigenvalue weighted by Gasteiger charge is 2.21. The minimum atomic E-state index is -0.738. The molecule has 3 aromatic rings. The van der Waals surface area contributed by atoms with Gasteiger partial charge in [-0.15, -0.1) is 0 Å². The van der Waals surface area contributed by atoms with Crippen LogP contribution in [0.25, 0.3) is 6.08 Å². The van der Waals surface area contributed by atoms with Crippen LogP contribution >= 0.6 is 11.6 Å². The highest BCUT2D eigenvalue weighted by Crippen LogP contribution is 2.36. The molecule has 0 aliphatic rings. The molecule has 1 N–H and O–H groups in total.